The van der Waals surface area contributed by atoms with Crippen LogP contribution in [-0.4, -0.2) is 12.6 Å². The van der Waals surface area contributed by atoms with E-state index in [0.29, 0.717) is 29.1 Å². The lowest BCUT2D eigenvalue weighted by Crippen LogP contribution is -2.30. The average Bonchev–Trinajstić information content (AvgIpc) is 3.24. The number of alkyl halides is 3. The Bertz CT molecular complexity index is 1250. The molecule has 1 fully saturated rings. The van der Waals surface area contributed by atoms with Crippen molar-refractivity contribution < 1.29 is 22.8 Å². The van der Waals surface area contributed by atoms with E-state index in [9.17, 15) is 18.0 Å². The number of hydrogen-bond donors (Lipinski definition) is 3. The van der Waals surface area contributed by atoms with Crippen LogP contribution in [0.5, 0.6) is 0 Å². The Hall–Kier alpha value is -3.27. The molecule has 34 heavy (non-hydrogen) atoms. The van der Waals surface area contributed by atoms with Crippen molar-refractivity contribution in [3.8, 4) is 11.1 Å². The van der Waals surface area contributed by atoms with Crippen LogP contribution in [0, 0.1) is 0 Å². The van der Waals surface area contributed by atoms with Crippen molar-refractivity contribution in [3.63, 3.8) is 0 Å². The first-order valence-corrected chi connectivity index (χ1v) is 11.0. The summed E-state index contributed by atoms with van der Waals surface area (Å²) in [5.41, 5.74) is 13.1. The number of rotatable bonds is 3. The van der Waals surface area contributed by atoms with Gasteiger partial charge in [0.15, 0.2) is 0 Å². The number of nitrogens with one attached hydrogen (secondary N) is 2. The molecule has 2 unspecified atom stereocenters. The second-order valence-corrected chi connectivity index (χ2v) is 8.59. The molecule has 10 heteroatoms. The Labute approximate surface area is 198 Å². The Morgan fingerprint density at radius 1 is 1.00 bits per heavy atom. The van der Waals surface area contributed by atoms with E-state index in [4.69, 9.17) is 22.2 Å². The second kappa shape index (κ2) is 8.50. The van der Waals surface area contributed by atoms with Crippen LogP contribution < -0.4 is 21.4 Å². The van der Waals surface area contributed by atoms with Crippen LogP contribution in [0.3, 0.4) is 0 Å². The van der Waals surface area contributed by atoms with E-state index >= 15 is 0 Å². The van der Waals surface area contributed by atoms with Crippen LogP contribution in [-0.2, 0) is 11.0 Å². The molecule has 2 aliphatic heterocycles. The van der Waals surface area contributed by atoms with Gasteiger partial charge in [0.2, 0.25) is 0 Å². The highest BCUT2D eigenvalue weighted by atomic mass is 35.5. The summed E-state index contributed by atoms with van der Waals surface area (Å²) in [5.74, 6) is 0. The summed E-state index contributed by atoms with van der Waals surface area (Å²) in [4.78, 5) is 18.1. The standard InChI is InChI=1S/C24H20ClF3N4O2/c25-19-12-16(6-7-17(19)22-30-23(33)34-31-22)32-10-9-20(29)18-11-14(3-8-21(18)32)13-1-4-15(5-2-13)24(26,27)28/h1-8,11-12,20,22,31H,9-10,29H2,(H,30,33). The zero-order valence-corrected chi connectivity index (χ0v) is 18.5. The largest absolute Gasteiger partial charge is 0.427 e. The van der Waals surface area contributed by atoms with Crippen molar-refractivity contribution in [1.29, 1.82) is 0 Å². The number of nitrogens with zero attached hydrogens (tertiary/aromatic N) is 1. The summed E-state index contributed by atoms with van der Waals surface area (Å²) in [6.45, 7) is 0.672. The van der Waals surface area contributed by atoms with Gasteiger partial charge in [0, 0.05) is 34.5 Å². The third kappa shape index (κ3) is 4.18. The summed E-state index contributed by atoms with van der Waals surface area (Å²) in [6, 6.07) is 16.1. The molecule has 1 amide bonds. The lowest BCUT2D eigenvalue weighted by atomic mass is 9.92. The van der Waals surface area contributed by atoms with Gasteiger partial charge in [-0.3, -0.25) is 5.32 Å². The summed E-state index contributed by atoms with van der Waals surface area (Å²) in [7, 11) is 0. The molecule has 2 atom stereocenters. The highest BCUT2D eigenvalue weighted by Crippen LogP contribution is 2.41. The third-order valence-electron chi connectivity index (χ3n) is 6.07. The minimum atomic E-state index is -4.37. The topological polar surface area (TPSA) is 79.6 Å². The number of carbonyl (C=O) groups excluding carboxylic acids is 1. The number of halogens is 4. The molecule has 6 nitrogen and oxygen atoms in total. The normalized spacial score (nSPS) is 20.0. The number of benzene rings is 3. The first-order chi connectivity index (χ1) is 16.2. The van der Waals surface area contributed by atoms with Gasteiger partial charge in [-0.25, -0.2) is 4.79 Å². The number of nitrogens with two attached hydrogens (primary N) is 1. The minimum absolute atomic E-state index is 0.203. The fourth-order valence-corrected chi connectivity index (χ4v) is 4.57. The van der Waals surface area contributed by atoms with E-state index in [1.807, 2.05) is 36.4 Å². The number of hydroxylamine groups is 1. The molecule has 2 heterocycles. The highest BCUT2D eigenvalue weighted by Gasteiger charge is 2.30. The van der Waals surface area contributed by atoms with Crippen LogP contribution in [0.2, 0.25) is 5.02 Å². The van der Waals surface area contributed by atoms with E-state index in [0.717, 1.165) is 34.6 Å². The molecule has 1 saturated heterocycles. The predicted octanol–water partition coefficient (Wildman–Crippen LogP) is 5.81. The number of anilines is 2. The number of hydrogen-bond acceptors (Lipinski definition) is 5. The van der Waals surface area contributed by atoms with Crippen molar-refractivity contribution in [2.24, 2.45) is 5.73 Å². The maximum Gasteiger partial charge on any atom is 0.427 e. The third-order valence-corrected chi connectivity index (χ3v) is 6.39. The first kappa shape index (κ1) is 22.5. The summed E-state index contributed by atoms with van der Waals surface area (Å²) < 4.78 is 38.7. The van der Waals surface area contributed by atoms with Crippen molar-refractivity contribution in [1.82, 2.24) is 10.8 Å². The summed E-state index contributed by atoms with van der Waals surface area (Å²) >= 11 is 6.50. The maximum absolute atomic E-state index is 12.9. The molecule has 0 aliphatic carbocycles. The van der Waals surface area contributed by atoms with Gasteiger partial charge in [0.1, 0.15) is 6.17 Å². The molecule has 3 aromatic carbocycles. The Morgan fingerprint density at radius 2 is 1.74 bits per heavy atom. The van der Waals surface area contributed by atoms with Gasteiger partial charge < -0.3 is 15.5 Å². The molecule has 3 aromatic rings. The smallest absolute Gasteiger partial charge is 0.351 e. The molecular formula is C24H20ClF3N4O2. The number of fused-ring (bicyclic) bond motifs is 1. The number of amides is 1. The Morgan fingerprint density at radius 3 is 2.38 bits per heavy atom. The van der Waals surface area contributed by atoms with Gasteiger partial charge in [-0.05, 0) is 59.5 Å². The van der Waals surface area contributed by atoms with Gasteiger partial charge in [0.25, 0.3) is 0 Å². The molecular weight excluding hydrogens is 469 g/mol. The van der Waals surface area contributed by atoms with Crippen LogP contribution in [0.4, 0.5) is 29.3 Å². The second-order valence-electron chi connectivity index (χ2n) is 8.19. The molecule has 2 aliphatic rings. The van der Waals surface area contributed by atoms with Crippen LogP contribution >= 0.6 is 11.6 Å². The molecule has 0 radical (unpaired) electrons. The van der Waals surface area contributed by atoms with Crippen molar-refractivity contribution in [2.45, 2.75) is 24.8 Å². The zero-order valence-electron chi connectivity index (χ0n) is 17.7. The van der Waals surface area contributed by atoms with Crippen LogP contribution in [0.15, 0.2) is 60.7 Å². The summed E-state index contributed by atoms with van der Waals surface area (Å²) in [6.07, 6.45) is -4.80. The van der Waals surface area contributed by atoms with Crippen molar-refractivity contribution in [2.75, 3.05) is 11.4 Å². The highest BCUT2D eigenvalue weighted by molar-refractivity contribution is 6.31. The quantitative estimate of drug-likeness (QED) is 0.433. The molecule has 0 spiro atoms. The van der Waals surface area contributed by atoms with E-state index in [1.165, 1.54) is 12.1 Å². The molecule has 4 N–H and O–H groups in total. The van der Waals surface area contributed by atoms with Gasteiger partial charge >= 0.3 is 12.3 Å². The van der Waals surface area contributed by atoms with Gasteiger partial charge in [-0.2, -0.15) is 13.2 Å². The number of carbonyl (C=O) groups is 1. The molecule has 0 bridgehead atoms. The maximum atomic E-state index is 12.9. The monoisotopic (exact) mass is 488 g/mol. The molecule has 5 rings (SSSR count). The lowest BCUT2D eigenvalue weighted by molar-refractivity contribution is -0.137. The van der Waals surface area contributed by atoms with E-state index < -0.39 is 24.0 Å². The predicted molar refractivity (Wildman–Crippen MR) is 122 cm³/mol. The van der Waals surface area contributed by atoms with E-state index in [1.54, 1.807) is 0 Å². The molecule has 0 aromatic heterocycles. The van der Waals surface area contributed by atoms with Crippen LogP contribution in [0.1, 0.15) is 35.3 Å². The van der Waals surface area contributed by atoms with Crippen LogP contribution in [0.25, 0.3) is 11.1 Å². The SMILES string of the molecule is NC1CCN(c2ccc(C3NOC(=O)N3)c(Cl)c2)c2ccc(-c3ccc(C(F)(F)F)cc3)cc21. The zero-order chi connectivity index (χ0) is 24.0. The average molecular weight is 489 g/mol. The van der Waals surface area contributed by atoms with Gasteiger partial charge in [0.05, 0.1) is 5.56 Å². The fraction of sp³-hybridized carbons (Fsp3) is 0.208. The van der Waals surface area contributed by atoms with Crippen molar-refractivity contribution >= 4 is 29.1 Å². The van der Waals surface area contributed by atoms with Gasteiger partial charge in [-0.15, -0.1) is 5.48 Å². The van der Waals surface area contributed by atoms with E-state index in [2.05, 4.69) is 15.7 Å². The molecule has 0 saturated carbocycles. The first-order valence-electron chi connectivity index (χ1n) is 10.6. The molecule has 176 valence electrons. The fourth-order valence-electron chi connectivity index (χ4n) is 4.29. The van der Waals surface area contributed by atoms with E-state index in [-0.39, 0.29) is 6.04 Å². The van der Waals surface area contributed by atoms with Crippen molar-refractivity contribution in [3.05, 3.63) is 82.4 Å². The van der Waals surface area contributed by atoms with Gasteiger partial charge in [-0.1, -0.05) is 35.9 Å². The minimum Gasteiger partial charge on any atom is -0.351 e. The Kier molecular flexibility index (Phi) is 5.63. The lowest BCUT2D eigenvalue weighted by Gasteiger charge is -2.35. The summed E-state index contributed by atoms with van der Waals surface area (Å²) in [5, 5.41) is 3.07. The Balaban J connectivity index is 1.45.